The lowest BCUT2D eigenvalue weighted by molar-refractivity contribution is 0.159. The summed E-state index contributed by atoms with van der Waals surface area (Å²) in [6, 6.07) is 5.94. The Kier molecular flexibility index (Phi) is 3.60. The van der Waals surface area contributed by atoms with Crippen molar-refractivity contribution in [3.63, 3.8) is 0 Å². The Hall–Kier alpha value is -0.910. The van der Waals surface area contributed by atoms with Crippen LogP contribution in [0.5, 0.6) is 0 Å². The summed E-state index contributed by atoms with van der Waals surface area (Å²) in [5, 5.41) is 0. The second kappa shape index (κ2) is 5.13. The van der Waals surface area contributed by atoms with E-state index in [0.717, 1.165) is 25.8 Å². The Morgan fingerprint density at radius 1 is 1.15 bits per heavy atom. The molecule has 0 amide bonds. The highest BCUT2D eigenvalue weighted by atomic mass is 32.2. The highest BCUT2D eigenvalue weighted by Gasteiger charge is 2.31. The summed E-state index contributed by atoms with van der Waals surface area (Å²) in [4.78, 5) is 2.67. The van der Waals surface area contributed by atoms with Gasteiger partial charge in [-0.2, -0.15) is 4.31 Å². The summed E-state index contributed by atoms with van der Waals surface area (Å²) < 4.78 is 27.1. The Morgan fingerprint density at radius 3 is 2.65 bits per heavy atom. The molecule has 3 rings (SSSR count). The van der Waals surface area contributed by atoms with Gasteiger partial charge < -0.3 is 4.90 Å². The highest BCUT2D eigenvalue weighted by molar-refractivity contribution is 7.89. The van der Waals surface area contributed by atoms with E-state index in [4.69, 9.17) is 0 Å². The topological polar surface area (TPSA) is 40.6 Å². The van der Waals surface area contributed by atoms with Crippen LogP contribution in [0.4, 0.5) is 0 Å². The van der Waals surface area contributed by atoms with Crippen molar-refractivity contribution in [2.24, 2.45) is 0 Å². The Balaban J connectivity index is 1.88. The van der Waals surface area contributed by atoms with E-state index < -0.39 is 10.0 Å². The van der Waals surface area contributed by atoms with Crippen molar-refractivity contribution in [1.82, 2.24) is 9.21 Å². The minimum atomic E-state index is -3.33. The average Bonchev–Trinajstić information content (AvgIpc) is 2.89. The molecule has 0 N–H and O–H groups in total. The molecule has 4 nitrogen and oxygen atoms in total. The SMILES string of the molecule is CC1CN(S(=O)(=O)c2ccc3c(c2)CCC3)CCN1C. The molecule has 1 unspecified atom stereocenters. The maximum absolute atomic E-state index is 12.7. The third-order valence-corrected chi connectivity index (χ3v) is 6.49. The number of nitrogens with zero attached hydrogens (tertiary/aromatic N) is 2. The van der Waals surface area contributed by atoms with Gasteiger partial charge in [-0.05, 0) is 56.5 Å². The van der Waals surface area contributed by atoms with E-state index in [9.17, 15) is 8.42 Å². The highest BCUT2D eigenvalue weighted by Crippen LogP contribution is 2.27. The first-order chi connectivity index (χ1) is 9.48. The molecule has 0 bridgehead atoms. The van der Waals surface area contributed by atoms with E-state index >= 15 is 0 Å². The molecule has 1 aliphatic heterocycles. The summed E-state index contributed by atoms with van der Waals surface area (Å²) in [5.41, 5.74) is 2.53. The number of rotatable bonds is 2. The lowest BCUT2D eigenvalue weighted by Gasteiger charge is -2.36. The molecule has 1 aromatic carbocycles. The van der Waals surface area contributed by atoms with Crippen LogP contribution in [0, 0.1) is 0 Å². The zero-order chi connectivity index (χ0) is 14.3. The van der Waals surface area contributed by atoms with E-state index in [-0.39, 0.29) is 6.04 Å². The maximum Gasteiger partial charge on any atom is 0.243 e. The Morgan fingerprint density at radius 2 is 1.90 bits per heavy atom. The van der Waals surface area contributed by atoms with Gasteiger partial charge in [-0.1, -0.05) is 6.07 Å². The zero-order valence-electron chi connectivity index (χ0n) is 12.2. The maximum atomic E-state index is 12.7. The first-order valence-corrected chi connectivity index (χ1v) is 8.74. The van der Waals surface area contributed by atoms with Crippen molar-refractivity contribution in [1.29, 1.82) is 0 Å². The molecule has 0 radical (unpaired) electrons. The van der Waals surface area contributed by atoms with Crippen LogP contribution in [0.15, 0.2) is 23.1 Å². The second-order valence-corrected chi connectivity index (χ2v) is 7.91. The molecule has 110 valence electrons. The van der Waals surface area contributed by atoms with Crippen molar-refractivity contribution in [2.45, 2.75) is 37.1 Å². The number of benzene rings is 1. The summed E-state index contributed by atoms with van der Waals surface area (Å²) in [6.07, 6.45) is 3.24. The van der Waals surface area contributed by atoms with Crippen LogP contribution in [0.2, 0.25) is 0 Å². The average molecular weight is 294 g/mol. The van der Waals surface area contributed by atoms with Crippen molar-refractivity contribution in [2.75, 3.05) is 26.7 Å². The summed E-state index contributed by atoms with van der Waals surface area (Å²) in [6.45, 7) is 4.03. The molecule has 2 aliphatic rings. The predicted molar refractivity (Wildman–Crippen MR) is 79.3 cm³/mol. The van der Waals surface area contributed by atoms with Crippen molar-refractivity contribution >= 4 is 10.0 Å². The van der Waals surface area contributed by atoms with Gasteiger partial charge in [0.25, 0.3) is 0 Å². The standard InChI is InChI=1S/C15H22N2O2S/c1-12-11-17(9-8-16(12)2)20(18,19)15-7-6-13-4-3-5-14(13)10-15/h6-7,10,12H,3-5,8-9,11H2,1-2H3. The fourth-order valence-corrected chi connectivity index (χ4v) is 4.65. The summed E-state index contributed by atoms with van der Waals surface area (Å²) in [7, 11) is -1.29. The molecule has 0 aromatic heterocycles. The van der Waals surface area contributed by atoms with Crippen LogP contribution in [0.3, 0.4) is 0 Å². The molecule has 20 heavy (non-hydrogen) atoms. The third kappa shape index (κ3) is 2.38. The van der Waals surface area contributed by atoms with E-state index in [1.165, 1.54) is 11.1 Å². The monoisotopic (exact) mass is 294 g/mol. The minimum absolute atomic E-state index is 0.271. The number of aryl methyl sites for hydroxylation is 2. The lowest BCUT2D eigenvalue weighted by Crippen LogP contribution is -2.51. The largest absolute Gasteiger partial charge is 0.301 e. The zero-order valence-corrected chi connectivity index (χ0v) is 13.0. The summed E-state index contributed by atoms with van der Waals surface area (Å²) in [5.74, 6) is 0. The van der Waals surface area contributed by atoms with Gasteiger partial charge in [0, 0.05) is 25.7 Å². The lowest BCUT2D eigenvalue weighted by atomic mass is 10.1. The normalized spacial score (nSPS) is 24.8. The molecule has 1 saturated heterocycles. The number of piperazine rings is 1. The third-order valence-electron chi connectivity index (χ3n) is 4.63. The number of hydrogen-bond acceptors (Lipinski definition) is 3. The van der Waals surface area contributed by atoms with Crippen LogP contribution >= 0.6 is 0 Å². The van der Waals surface area contributed by atoms with E-state index in [1.54, 1.807) is 10.4 Å². The van der Waals surface area contributed by atoms with Gasteiger partial charge in [0.15, 0.2) is 0 Å². The Bertz CT molecular complexity index is 612. The van der Waals surface area contributed by atoms with Crippen molar-refractivity contribution in [3.8, 4) is 0 Å². The quantitative estimate of drug-likeness (QED) is 0.830. The molecule has 1 atom stereocenters. The first kappa shape index (κ1) is 14.0. The minimum Gasteiger partial charge on any atom is -0.301 e. The number of hydrogen-bond donors (Lipinski definition) is 0. The molecule has 0 saturated carbocycles. The molecule has 1 heterocycles. The predicted octanol–water partition coefficient (Wildman–Crippen LogP) is 1.50. The number of likely N-dealkylation sites (N-methyl/N-ethyl adjacent to an activating group) is 1. The van der Waals surface area contributed by atoms with Crippen LogP contribution in [0.1, 0.15) is 24.5 Å². The first-order valence-electron chi connectivity index (χ1n) is 7.30. The molecule has 1 aliphatic carbocycles. The molecule has 5 heteroatoms. The molecular weight excluding hydrogens is 272 g/mol. The van der Waals surface area contributed by atoms with Gasteiger partial charge in [0.1, 0.15) is 0 Å². The van der Waals surface area contributed by atoms with Crippen LogP contribution < -0.4 is 0 Å². The van der Waals surface area contributed by atoms with Gasteiger partial charge in [0.05, 0.1) is 4.90 Å². The smallest absolute Gasteiger partial charge is 0.243 e. The van der Waals surface area contributed by atoms with Gasteiger partial charge in [0.2, 0.25) is 10.0 Å². The number of fused-ring (bicyclic) bond motifs is 1. The van der Waals surface area contributed by atoms with Gasteiger partial charge in [-0.3, -0.25) is 0 Å². The van der Waals surface area contributed by atoms with Crippen LogP contribution in [0.25, 0.3) is 0 Å². The van der Waals surface area contributed by atoms with E-state index in [2.05, 4.69) is 11.8 Å². The molecule has 1 fully saturated rings. The Labute approximate surface area is 121 Å². The van der Waals surface area contributed by atoms with Gasteiger partial charge in [-0.15, -0.1) is 0 Å². The van der Waals surface area contributed by atoms with E-state index in [0.29, 0.717) is 18.0 Å². The van der Waals surface area contributed by atoms with Crippen LogP contribution in [-0.2, 0) is 22.9 Å². The fraction of sp³-hybridized carbons (Fsp3) is 0.600. The number of sulfonamides is 1. The molecule has 0 spiro atoms. The molecular formula is C15H22N2O2S. The van der Waals surface area contributed by atoms with Gasteiger partial charge >= 0.3 is 0 Å². The summed E-state index contributed by atoms with van der Waals surface area (Å²) >= 11 is 0. The van der Waals surface area contributed by atoms with Crippen LogP contribution in [-0.4, -0.2) is 50.3 Å². The molecule has 1 aromatic rings. The van der Waals surface area contributed by atoms with Crippen molar-refractivity contribution < 1.29 is 8.42 Å². The van der Waals surface area contributed by atoms with Gasteiger partial charge in [-0.25, -0.2) is 8.42 Å². The van der Waals surface area contributed by atoms with Crippen molar-refractivity contribution in [3.05, 3.63) is 29.3 Å². The second-order valence-electron chi connectivity index (χ2n) is 5.98. The van der Waals surface area contributed by atoms with E-state index in [1.807, 2.05) is 19.2 Å². The fourth-order valence-electron chi connectivity index (χ4n) is 3.09.